The zero-order chi connectivity index (χ0) is 66.0. The molecule has 0 saturated carbocycles. The van der Waals surface area contributed by atoms with E-state index in [1.54, 1.807) is 62.3 Å². The minimum Gasteiger partial charge on any atom is -0.458 e. The first kappa shape index (κ1) is 68.6. The highest BCUT2D eigenvalue weighted by Gasteiger charge is 2.49. The largest absolute Gasteiger partial charge is 0.458 e. The van der Waals surface area contributed by atoms with Gasteiger partial charge in [0.1, 0.15) is 65.2 Å². The van der Waals surface area contributed by atoms with Crippen LogP contribution < -0.4 is 26.7 Å². The summed E-state index contributed by atoms with van der Waals surface area (Å²) in [6.07, 6.45) is -2.33. The van der Waals surface area contributed by atoms with Crippen molar-refractivity contribution in [2.45, 2.75) is 157 Å². The molecule has 6 rings (SSSR count). The van der Waals surface area contributed by atoms with Crippen molar-refractivity contribution in [1.82, 2.24) is 55.7 Å². The Morgan fingerprint density at radius 2 is 1.16 bits per heavy atom. The lowest BCUT2D eigenvalue weighted by Gasteiger charge is -2.40. The maximum absolute atomic E-state index is 15.1. The van der Waals surface area contributed by atoms with E-state index >= 15 is 9.59 Å². The summed E-state index contributed by atoms with van der Waals surface area (Å²) in [5.74, 6) is -12.4. The molecule has 4 N–H and O–H groups in total. The third-order valence-electron chi connectivity index (χ3n) is 17.1. The van der Waals surface area contributed by atoms with Crippen LogP contribution in [0.2, 0.25) is 0 Å². The van der Waals surface area contributed by atoms with Crippen molar-refractivity contribution in [1.29, 1.82) is 0 Å². The quantitative estimate of drug-likeness (QED) is 0.181. The van der Waals surface area contributed by atoms with Crippen molar-refractivity contribution in [3.63, 3.8) is 0 Å². The molecule has 0 aromatic heterocycles. The first-order valence-corrected chi connectivity index (χ1v) is 29.5. The average Bonchev–Trinajstić information content (AvgIpc) is 1.58. The molecule has 0 radical (unpaired) electrons. The number of aromatic nitrogens is 1. The average molecular weight is 1230 g/mol. The number of carbonyl (C=O) groups is 12. The molecule has 5 aliphatic rings. The molecule has 0 bridgehead atoms. The SMILES string of the molecule is Cc1c2oc3c(C)ccc(C(=O)N[C@@H]4C(=O)N[C@](C)(C(C)C)C(=O)N5CCC[C@H]5C(=O)N(C)CC(=O)N(C)[C@@H](C(C)C)C(=O)O[C@@H]4C)c3nc-2c(C(=O)N[C@@H]2C(=O)NC(C(C)C)C(=O)N(C)CC(=O)N(C)CC(=O)N(C)[C@@H](C(C)C)C(=O)O[C@@H]2C)cc1=O. The summed E-state index contributed by atoms with van der Waals surface area (Å²) in [6, 6.07) is -4.62. The lowest BCUT2D eigenvalue weighted by molar-refractivity contribution is -0.163. The van der Waals surface area contributed by atoms with Crippen LogP contribution in [0.5, 0.6) is 0 Å². The number of nitrogens with one attached hydrogen (secondary N) is 4. The van der Waals surface area contributed by atoms with Crippen molar-refractivity contribution in [3.05, 3.63) is 50.7 Å². The van der Waals surface area contributed by atoms with E-state index in [0.29, 0.717) is 12.0 Å². The predicted octanol–water partition coefficient (Wildman–Crippen LogP) is 1.00. The number of carbonyl (C=O) groups excluding carboxylic acids is 12. The Balaban J connectivity index is 1.46. The van der Waals surface area contributed by atoms with Gasteiger partial charge in [-0.15, -0.1) is 0 Å². The number of ether oxygens (including phenoxy) is 2. The lowest BCUT2D eigenvalue weighted by atomic mass is 9.85. The number of amides is 10. The number of hydrogen-bond donors (Lipinski definition) is 4. The van der Waals surface area contributed by atoms with Gasteiger partial charge in [0.05, 0.1) is 30.8 Å². The van der Waals surface area contributed by atoms with Crippen LogP contribution in [0.25, 0.3) is 22.6 Å². The molecule has 1 aromatic rings. The van der Waals surface area contributed by atoms with Crippen molar-refractivity contribution in [3.8, 4) is 11.5 Å². The molecular weight excluding hydrogens is 1140 g/mol. The van der Waals surface area contributed by atoms with E-state index in [2.05, 4.69) is 21.3 Å². The second kappa shape index (κ2) is 27.3. The fourth-order valence-electron chi connectivity index (χ4n) is 11.2. The number of likely N-dealkylation sites (N-methyl/N-ethyl adjacent to an activating group) is 5. The summed E-state index contributed by atoms with van der Waals surface area (Å²) in [6.45, 7) is 19.2. The van der Waals surface area contributed by atoms with Gasteiger partial charge in [0.15, 0.2) is 16.8 Å². The number of esters is 2. The van der Waals surface area contributed by atoms with Crippen LogP contribution >= 0.6 is 0 Å². The van der Waals surface area contributed by atoms with Gasteiger partial charge >= 0.3 is 11.9 Å². The fourth-order valence-corrected chi connectivity index (χ4v) is 11.2. The van der Waals surface area contributed by atoms with Gasteiger partial charge in [-0.3, -0.25) is 52.7 Å². The zero-order valence-electron chi connectivity index (χ0n) is 53.6. The second-order valence-corrected chi connectivity index (χ2v) is 25.0. The maximum Gasteiger partial charge on any atom is 0.329 e. The number of aryl methyl sites for hydroxylation is 1. The molecule has 27 nitrogen and oxygen atoms in total. The van der Waals surface area contributed by atoms with Crippen molar-refractivity contribution in [2.75, 3.05) is 61.4 Å². The fraction of sp³-hybridized carbons (Fsp3) is 0.607. The summed E-state index contributed by atoms with van der Waals surface area (Å²) in [5.41, 5.74) is -3.37. The summed E-state index contributed by atoms with van der Waals surface area (Å²) < 4.78 is 18.3. The Morgan fingerprint density at radius 1 is 0.659 bits per heavy atom. The highest BCUT2D eigenvalue weighted by Crippen LogP contribution is 2.34. The third kappa shape index (κ3) is 14.1. The van der Waals surface area contributed by atoms with Crippen LogP contribution in [0.15, 0.2) is 27.4 Å². The van der Waals surface area contributed by atoms with Crippen LogP contribution in [0.3, 0.4) is 0 Å². The van der Waals surface area contributed by atoms with E-state index in [-0.39, 0.29) is 46.6 Å². The van der Waals surface area contributed by atoms with Crippen LogP contribution in [0, 0.1) is 37.5 Å². The molecule has 27 heteroatoms. The number of hydrogen-bond acceptors (Lipinski definition) is 17. The van der Waals surface area contributed by atoms with Gasteiger partial charge in [-0.25, -0.2) is 14.6 Å². The Kier molecular flexibility index (Phi) is 21.2. The van der Waals surface area contributed by atoms with Crippen LogP contribution in [0.1, 0.15) is 121 Å². The third-order valence-corrected chi connectivity index (χ3v) is 17.1. The van der Waals surface area contributed by atoms with Gasteiger partial charge in [-0.05, 0) is 82.8 Å². The van der Waals surface area contributed by atoms with Crippen molar-refractivity contribution in [2.24, 2.45) is 23.7 Å². The summed E-state index contributed by atoms with van der Waals surface area (Å²) in [7, 11) is 6.87. The summed E-state index contributed by atoms with van der Waals surface area (Å²) in [4.78, 5) is 197. The first-order chi connectivity index (χ1) is 40.9. The molecule has 480 valence electrons. The number of benzene rings is 2. The predicted molar refractivity (Wildman–Crippen MR) is 319 cm³/mol. The molecule has 1 aromatic carbocycles. The van der Waals surface area contributed by atoms with Crippen LogP contribution in [-0.4, -0.2) is 221 Å². The number of rotatable bonds is 8. The number of cyclic esters (lactones) is 2. The first-order valence-electron chi connectivity index (χ1n) is 29.5. The molecule has 3 saturated heterocycles. The molecule has 4 heterocycles. The summed E-state index contributed by atoms with van der Waals surface area (Å²) >= 11 is 0. The molecule has 9 atom stereocenters. The van der Waals surface area contributed by atoms with E-state index < -0.39 is 179 Å². The van der Waals surface area contributed by atoms with Crippen molar-refractivity contribution >= 4 is 82.1 Å². The zero-order valence-corrected chi connectivity index (χ0v) is 53.6. The minimum atomic E-state index is -1.83. The Bertz CT molecular complexity index is 3320. The van der Waals surface area contributed by atoms with Gasteiger partial charge in [-0.2, -0.15) is 0 Å². The standard InChI is InChI=1S/C61H85N11O16/c1-28(2)43-57(82)69(16)25-40(74)67(14)26-41(75)70(17)48(29(3)4)58(83)86-34(11)44(54(79)63-43)64-53(78)37-24-39(73)33(10)51-47(37)62-46-36(22-21-32(9)50(46)88-51)52(77)65-45-35(12)87-59(84)49(30(5)6)71(18)42(76)27-68(15)56(81)38-20-19-23-72(38)60(85)61(13,31(7)8)66-55(45)80/h21-22,24,28-31,34-35,38,43-45,48-49H,19-20,23,25-27H2,1-18H3,(H,63,79)(H,64,78)(H,65,77)(H,66,80)/t34-,35-,38+,43?,44+,45+,48+,49+,61-/m1/s1. The molecule has 88 heavy (non-hydrogen) atoms. The van der Waals surface area contributed by atoms with E-state index in [4.69, 9.17) is 18.9 Å². The molecular formula is C61H85N11O16. The molecule has 0 spiro atoms. The topological polar surface area (TPSA) is 334 Å². The monoisotopic (exact) mass is 1230 g/mol. The normalized spacial score (nSPS) is 25.9. The lowest BCUT2D eigenvalue weighted by Crippen LogP contribution is -2.66. The van der Waals surface area contributed by atoms with E-state index in [1.165, 1.54) is 84.9 Å². The smallest absolute Gasteiger partial charge is 0.329 e. The van der Waals surface area contributed by atoms with Gasteiger partial charge < -0.3 is 64.6 Å². The molecule has 3 fully saturated rings. The highest BCUT2D eigenvalue weighted by atomic mass is 16.6. The van der Waals surface area contributed by atoms with Crippen LogP contribution in [0.4, 0.5) is 0 Å². The van der Waals surface area contributed by atoms with Crippen molar-refractivity contribution < 1.29 is 71.4 Å². The minimum absolute atomic E-state index is 0.0183. The highest BCUT2D eigenvalue weighted by molar-refractivity contribution is 6.09. The van der Waals surface area contributed by atoms with E-state index in [1.807, 2.05) is 0 Å². The number of nitrogens with zero attached hydrogens (tertiary/aromatic N) is 7. The molecule has 4 aliphatic heterocycles. The van der Waals surface area contributed by atoms with E-state index in [0.717, 1.165) is 25.7 Å². The Morgan fingerprint density at radius 3 is 1.68 bits per heavy atom. The van der Waals surface area contributed by atoms with Gasteiger partial charge in [0.25, 0.3) is 11.8 Å². The van der Waals surface area contributed by atoms with Gasteiger partial charge in [-0.1, -0.05) is 61.5 Å². The summed E-state index contributed by atoms with van der Waals surface area (Å²) in [5, 5.41) is 10.7. The Labute approximate surface area is 511 Å². The van der Waals surface area contributed by atoms with E-state index in [9.17, 15) is 52.7 Å². The number of fused-ring (bicyclic) bond motifs is 3. The van der Waals surface area contributed by atoms with Crippen LogP contribution in [-0.2, 0) is 57.4 Å². The Hall–Kier alpha value is -8.52. The second-order valence-electron chi connectivity index (χ2n) is 25.0. The molecule has 1 unspecified atom stereocenters. The van der Waals surface area contributed by atoms with Gasteiger partial charge in [0, 0.05) is 53.4 Å². The maximum atomic E-state index is 15.1. The molecule has 1 aliphatic carbocycles. The van der Waals surface area contributed by atoms with Gasteiger partial charge in [0.2, 0.25) is 47.3 Å². The molecule has 10 amide bonds.